The van der Waals surface area contributed by atoms with Gasteiger partial charge in [-0.15, -0.1) is 11.3 Å². The molecule has 0 spiro atoms. The number of rotatable bonds is 6. The number of hydrogen-bond acceptors (Lipinski definition) is 6. The third kappa shape index (κ3) is 5.56. The average Bonchev–Trinajstić information content (AvgIpc) is 2.98. The van der Waals surface area contributed by atoms with Crippen LogP contribution in [0.2, 0.25) is 0 Å². The molecule has 1 aliphatic heterocycles. The van der Waals surface area contributed by atoms with Gasteiger partial charge in [0.2, 0.25) is 0 Å². The van der Waals surface area contributed by atoms with Crippen molar-refractivity contribution < 1.29 is 34.3 Å². The molecule has 0 bridgehead atoms. The highest BCUT2D eigenvalue weighted by Gasteiger charge is 2.33. The summed E-state index contributed by atoms with van der Waals surface area (Å²) in [7, 11) is -1.42. The standard InChI is InChI=1S/C15H16BNO7S/c18-13(19)7-9-3-1-5-12(16(23)24-9)17-15(22)10(8-14(20)21)11-4-2-6-25-11/h1-4,6,8-9,12,23H,5,7H2,(H,17,22)(H,18,19)(H,20,21)/t9-,12+/m1/s1. The summed E-state index contributed by atoms with van der Waals surface area (Å²) >= 11 is 1.21. The van der Waals surface area contributed by atoms with Crippen LogP contribution < -0.4 is 5.32 Å². The minimum absolute atomic E-state index is 0.0370. The number of nitrogens with one attached hydrogen (secondary N) is 1. The van der Waals surface area contributed by atoms with E-state index in [4.69, 9.17) is 14.9 Å². The van der Waals surface area contributed by atoms with Gasteiger partial charge in [-0.1, -0.05) is 18.2 Å². The first-order valence-corrected chi connectivity index (χ1v) is 8.26. The number of carbonyl (C=O) groups is 3. The van der Waals surface area contributed by atoms with E-state index in [-0.39, 0.29) is 18.4 Å². The zero-order valence-electron chi connectivity index (χ0n) is 13.0. The molecule has 0 fully saturated rings. The van der Waals surface area contributed by atoms with E-state index in [0.717, 1.165) is 6.08 Å². The molecule has 0 saturated carbocycles. The first-order chi connectivity index (χ1) is 11.9. The SMILES string of the molecule is O=C(O)C=C(C(=O)N[C@H]1CC=C[C@H](CC(=O)O)OB1O)c1cccs1. The van der Waals surface area contributed by atoms with E-state index in [1.165, 1.54) is 17.4 Å². The van der Waals surface area contributed by atoms with Crippen LogP contribution in [0.4, 0.5) is 0 Å². The van der Waals surface area contributed by atoms with Gasteiger partial charge in [-0.3, -0.25) is 9.59 Å². The molecule has 25 heavy (non-hydrogen) atoms. The molecule has 1 aromatic heterocycles. The maximum absolute atomic E-state index is 12.4. The van der Waals surface area contributed by atoms with E-state index in [9.17, 15) is 19.4 Å². The molecule has 0 aromatic carbocycles. The summed E-state index contributed by atoms with van der Waals surface area (Å²) in [5.41, 5.74) is -0.0370. The number of aliphatic carboxylic acids is 2. The summed E-state index contributed by atoms with van der Waals surface area (Å²) in [6.07, 6.45) is 3.02. The Kier molecular flexibility index (Phi) is 6.51. The molecule has 0 radical (unpaired) electrons. The second-order valence-electron chi connectivity index (χ2n) is 5.28. The van der Waals surface area contributed by atoms with Crippen molar-refractivity contribution in [3.63, 3.8) is 0 Å². The van der Waals surface area contributed by atoms with Gasteiger partial charge in [-0.05, 0) is 17.9 Å². The summed E-state index contributed by atoms with van der Waals surface area (Å²) in [5.74, 6) is -3.84. The first-order valence-electron chi connectivity index (χ1n) is 7.38. The molecule has 2 rings (SSSR count). The molecule has 10 heteroatoms. The minimum atomic E-state index is -1.42. The summed E-state index contributed by atoms with van der Waals surface area (Å²) in [6, 6.07) is 3.30. The lowest BCUT2D eigenvalue weighted by Gasteiger charge is -2.20. The molecule has 0 aliphatic carbocycles. The summed E-state index contributed by atoms with van der Waals surface area (Å²) in [4.78, 5) is 34.6. The topological polar surface area (TPSA) is 133 Å². The first kappa shape index (κ1) is 18.9. The smallest absolute Gasteiger partial charge is 0.478 e. The van der Waals surface area contributed by atoms with Crippen molar-refractivity contribution in [2.75, 3.05) is 0 Å². The van der Waals surface area contributed by atoms with Gasteiger partial charge in [0.15, 0.2) is 0 Å². The van der Waals surface area contributed by atoms with E-state index in [0.29, 0.717) is 4.88 Å². The summed E-state index contributed by atoms with van der Waals surface area (Å²) < 4.78 is 5.23. The monoisotopic (exact) mass is 365 g/mol. The van der Waals surface area contributed by atoms with E-state index >= 15 is 0 Å². The third-order valence-corrected chi connectivity index (χ3v) is 4.29. The Morgan fingerprint density at radius 3 is 2.76 bits per heavy atom. The molecular weight excluding hydrogens is 349 g/mol. The fourth-order valence-corrected chi connectivity index (χ4v) is 3.02. The number of carboxylic acids is 2. The lowest BCUT2D eigenvalue weighted by molar-refractivity contribution is -0.138. The van der Waals surface area contributed by atoms with Crippen LogP contribution in [-0.2, 0) is 19.0 Å². The van der Waals surface area contributed by atoms with Crippen LogP contribution >= 0.6 is 11.3 Å². The van der Waals surface area contributed by atoms with Crippen LogP contribution in [0.3, 0.4) is 0 Å². The van der Waals surface area contributed by atoms with Crippen LogP contribution in [0, 0.1) is 0 Å². The molecule has 132 valence electrons. The number of carbonyl (C=O) groups excluding carboxylic acids is 1. The van der Waals surface area contributed by atoms with Crippen molar-refractivity contribution in [2.45, 2.75) is 24.9 Å². The second-order valence-corrected chi connectivity index (χ2v) is 6.23. The lowest BCUT2D eigenvalue weighted by atomic mass is 9.77. The Hall–Kier alpha value is -2.43. The predicted octanol–water partition coefficient (Wildman–Crippen LogP) is 0.540. The Balaban J connectivity index is 2.09. The molecule has 4 N–H and O–H groups in total. The predicted molar refractivity (Wildman–Crippen MR) is 90.7 cm³/mol. The van der Waals surface area contributed by atoms with Crippen LogP contribution in [-0.4, -0.2) is 52.2 Å². The second kappa shape index (κ2) is 8.61. The maximum atomic E-state index is 12.4. The highest BCUT2D eigenvalue weighted by Crippen LogP contribution is 2.21. The van der Waals surface area contributed by atoms with Crippen molar-refractivity contribution in [3.8, 4) is 0 Å². The Bertz CT molecular complexity index is 701. The van der Waals surface area contributed by atoms with Crippen molar-refractivity contribution in [3.05, 3.63) is 40.6 Å². The molecule has 1 amide bonds. The molecule has 1 aromatic rings. The molecular formula is C15H16BNO7S. The average molecular weight is 365 g/mol. The van der Waals surface area contributed by atoms with Gasteiger partial charge in [0, 0.05) is 11.0 Å². The van der Waals surface area contributed by atoms with Gasteiger partial charge < -0.3 is 25.2 Å². The highest BCUT2D eigenvalue weighted by molar-refractivity contribution is 7.11. The fraction of sp³-hybridized carbons (Fsp3) is 0.267. The van der Waals surface area contributed by atoms with E-state index < -0.39 is 37.0 Å². The molecule has 0 saturated heterocycles. The Labute approximate surface area is 147 Å². The molecule has 8 nitrogen and oxygen atoms in total. The molecule has 0 unspecified atom stereocenters. The van der Waals surface area contributed by atoms with Gasteiger partial charge in [0.05, 0.1) is 24.0 Å². The van der Waals surface area contributed by atoms with Crippen molar-refractivity contribution in [2.24, 2.45) is 0 Å². The zero-order valence-corrected chi connectivity index (χ0v) is 13.8. The van der Waals surface area contributed by atoms with E-state index in [1.54, 1.807) is 23.6 Å². The summed E-state index contributed by atoms with van der Waals surface area (Å²) in [5, 5.41) is 32.1. The van der Waals surface area contributed by atoms with E-state index in [2.05, 4.69) is 5.32 Å². The largest absolute Gasteiger partial charge is 0.481 e. The Morgan fingerprint density at radius 2 is 2.16 bits per heavy atom. The van der Waals surface area contributed by atoms with Crippen molar-refractivity contribution in [1.82, 2.24) is 5.32 Å². The zero-order chi connectivity index (χ0) is 18.4. The lowest BCUT2D eigenvalue weighted by Crippen LogP contribution is -2.48. The number of amides is 1. The van der Waals surface area contributed by atoms with Crippen LogP contribution in [0.25, 0.3) is 5.57 Å². The van der Waals surface area contributed by atoms with Gasteiger partial charge in [0.1, 0.15) is 0 Å². The Morgan fingerprint density at radius 1 is 1.40 bits per heavy atom. The minimum Gasteiger partial charge on any atom is -0.481 e. The van der Waals surface area contributed by atoms with Gasteiger partial charge in [-0.25, -0.2) is 4.79 Å². The third-order valence-electron chi connectivity index (χ3n) is 3.39. The maximum Gasteiger partial charge on any atom is 0.478 e. The normalized spacial score (nSPS) is 20.8. The fourth-order valence-electron chi connectivity index (χ4n) is 2.28. The molecule has 1 aliphatic rings. The van der Waals surface area contributed by atoms with E-state index in [1.807, 2.05) is 0 Å². The quantitative estimate of drug-likeness (QED) is 0.328. The van der Waals surface area contributed by atoms with Gasteiger partial charge in [0.25, 0.3) is 5.91 Å². The van der Waals surface area contributed by atoms with Crippen molar-refractivity contribution >= 4 is 41.9 Å². The molecule has 2 atom stereocenters. The molecule has 2 heterocycles. The number of hydrogen-bond donors (Lipinski definition) is 4. The van der Waals surface area contributed by atoms with Gasteiger partial charge in [-0.2, -0.15) is 0 Å². The van der Waals surface area contributed by atoms with Crippen LogP contribution in [0.5, 0.6) is 0 Å². The van der Waals surface area contributed by atoms with Crippen LogP contribution in [0.15, 0.2) is 35.7 Å². The number of carboxylic acid groups (broad SMARTS) is 2. The summed E-state index contributed by atoms with van der Waals surface area (Å²) in [6.45, 7) is 0. The highest BCUT2D eigenvalue weighted by atomic mass is 32.1. The van der Waals surface area contributed by atoms with Crippen molar-refractivity contribution in [1.29, 1.82) is 0 Å². The number of thiophene rings is 1. The van der Waals surface area contributed by atoms with Crippen LogP contribution in [0.1, 0.15) is 17.7 Å². The van der Waals surface area contributed by atoms with Gasteiger partial charge >= 0.3 is 19.1 Å².